The van der Waals surface area contributed by atoms with Crippen molar-refractivity contribution in [2.75, 3.05) is 13.6 Å². The van der Waals surface area contributed by atoms with Crippen LogP contribution in [0.15, 0.2) is 0 Å². The first-order valence-corrected chi connectivity index (χ1v) is 9.78. The number of amides is 3. The monoisotopic (exact) mass is 369 g/mol. The van der Waals surface area contributed by atoms with E-state index in [9.17, 15) is 14.4 Å². The number of hydrogen-bond acceptors (Lipinski definition) is 4. The summed E-state index contributed by atoms with van der Waals surface area (Å²) >= 11 is 0. The quantitative estimate of drug-likeness (QED) is 0.524. The van der Waals surface area contributed by atoms with Crippen LogP contribution < -0.4 is 10.8 Å². The van der Waals surface area contributed by atoms with E-state index >= 15 is 0 Å². The van der Waals surface area contributed by atoms with Crippen molar-refractivity contribution >= 4 is 17.7 Å². The third-order valence-corrected chi connectivity index (χ3v) is 5.33. The summed E-state index contributed by atoms with van der Waals surface area (Å²) in [5, 5.41) is 11.8. The Morgan fingerprint density at radius 1 is 1.12 bits per heavy atom. The molecule has 1 aliphatic heterocycles. The first-order chi connectivity index (χ1) is 12.3. The van der Waals surface area contributed by atoms with E-state index in [0.29, 0.717) is 13.0 Å². The van der Waals surface area contributed by atoms with Crippen molar-refractivity contribution in [1.82, 2.24) is 15.7 Å². The zero-order valence-electron chi connectivity index (χ0n) is 16.6. The van der Waals surface area contributed by atoms with Crippen LogP contribution in [0.5, 0.6) is 0 Å². The molecule has 1 aliphatic rings. The van der Waals surface area contributed by atoms with Gasteiger partial charge < -0.3 is 10.2 Å². The molecule has 0 aromatic carbocycles. The number of nitrogens with one attached hydrogen (secondary N) is 2. The SMILES string of the molecule is CC(C)C1NC(=O)C(C(C)C(=O)NO)CCCCCCCCN(C)C1=O. The zero-order valence-corrected chi connectivity index (χ0v) is 16.6. The molecule has 1 rings (SSSR count). The summed E-state index contributed by atoms with van der Waals surface area (Å²) in [5.41, 5.74) is 1.64. The van der Waals surface area contributed by atoms with E-state index in [1.165, 1.54) is 0 Å². The van der Waals surface area contributed by atoms with Crippen LogP contribution in [0, 0.1) is 17.8 Å². The van der Waals surface area contributed by atoms with E-state index in [1.807, 2.05) is 13.8 Å². The summed E-state index contributed by atoms with van der Waals surface area (Å²) in [4.78, 5) is 39.2. The lowest BCUT2D eigenvalue weighted by Crippen LogP contribution is -2.53. The predicted octanol–water partition coefficient (Wildman–Crippen LogP) is 2.09. The Labute approximate surface area is 156 Å². The van der Waals surface area contributed by atoms with Gasteiger partial charge in [0.15, 0.2) is 0 Å². The second-order valence-corrected chi connectivity index (χ2v) is 7.77. The molecule has 0 spiro atoms. The molecule has 1 fully saturated rings. The maximum Gasteiger partial charge on any atom is 0.246 e. The van der Waals surface area contributed by atoms with Gasteiger partial charge in [-0.25, -0.2) is 5.48 Å². The van der Waals surface area contributed by atoms with Crippen molar-refractivity contribution in [3.8, 4) is 0 Å². The van der Waals surface area contributed by atoms with Crippen LogP contribution in [-0.4, -0.2) is 47.5 Å². The minimum absolute atomic E-state index is 0.0515. The van der Waals surface area contributed by atoms with Gasteiger partial charge in [0, 0.05) is 25.4 Å². The number of nitrogens with zero attached hydrogens (tertiary/aromatic N) is 1. The molecule has 0 bridgehead atoms. The van der Waals surface area contributed by atoms with Crippen LogP contribution in [0.2, 0.25) is 0 Å². The first kappa shape index (κ1) is 22.4. The topological polar surface area (TPSA) is 98.7 Å². The lowest BCUT2D eigenvalue weighted by molar-refractivity contribution is -0.142. The van der Waals surface area contributed by atoms with E-state index < -0.39 is 23.8 Å². The molecule has 7 heteroatoms. The normalized spacial score (nSPS) is 25.4. The fourth-order valence-corrected chi connectivity index (χ4v) is 3.43. The summed E-state index contributed by atoms with van der Waals surface area (Å²) in [7, 11) is 1.77. The summed E-state index contributed by atoms with van der Waals surface area (Å²) < 4.78 is 0. The minimum Gasteiger partial charge on any atom is -0.344 e. The molecule has 3 amide bonds. The van der Waals surface area contributed by atoms with Crippen molar-refractivity contribution in [3.05, 3.63) is 0 Å². The van der Waals surface area contributed by atoms with Crippen LogP contribution in [-0.2, 0) is 14.4 Å². The molecule has 1 heterocycles. The lowest BCUT2D eigenvalue weighted by atomic mass is 9.86. The van der Waals surface area contributed by atoms with Gasteiger partial charge in [-0.05, 0) is 18.8 Å². The van der Waals surface area contributed by atoms with Gasteiger partial charge in [0.05, 0.1) is 0 Å². The Balaban J connectivity index is 3.00. The highest BCUT2D eigenvalue weighted by atomic mass is 16.5. The Morgan fingerprint density at radius 2 is 1.69 bits per heavy atom. The van der Waals surface area contributed by atoms with Crippen molar-refractivity contribution < 1.29 is 19.6 Å². The molecule has 0 aromatic rings. The summed E-state index contributed by atoms with van der Waals surface area (Å²) in [6, 6.07) is -0.609. The molecule has 0 saturated carbocycles. The van der Waals surface area contributed by atoms with Crippen LogP contribution in [0.3, 0.4) is 0 Å². The molecule has 150 valence electrons. The highest BCUT2D eigenvalue weighted by Crippen LogP contribution is 2.22. The van der Waals surface area contributed by atoms with E-state index in [4.69, 9.17) is 5.21 Å². The molecule has 3 unspecified atom stereocenters. The van der Waals surface area contributed by atoms with Crippen LogP contribution in [0.25, 0.3) is 0 Å². The fraction of sp³-hybridized carbons (Fsp3) is 0.842. The Morgan fingerprint density at radius 3 is 2.27 bits per heavy atom. The van der Waals surface area contributed by atoms with Gasteiger partial charge in [-0.1, -0.05) is 52.9 Å². The maximum absolute atomic E-state index is 12.9. The average molecular weight is 370 g/mol. The van der Waals surface area contributed by atoms with Crippen molar-refractivity contribution in [2.24, 2.45) is 17.8 Å². The smallest absolute Gasteiger partial charge is 0.246 e. The zero-order chi connectivity index (χ0) is 19.7. The second kappa shape index (κ2) is 11.2. The predicted molar refractivity (Wildman–Crippen MR) is 99.3 cm³/mol. The van der Waals surface area contributed by atoms with Gasteiger partial charge in [-0.3, -0.25) is 19.6 Å². The largest absolute Gasteiger partial charge is 0.344 e. The van der Waals surface area contributed by atoms with Crippen LogP contribution in [0.1, 0.15) is 65.7 Å². The number of hydroxylamine groups is 1. The molecule has 3 N–H and O–H groups in total. The van der Waals surface area contributed by atoms with Crippen molar-refractivity contribution in [1.29, 1.82) is 0 Å². The summed E-state index contributed by atoms with van der Waals surface area (Å²) in [6.45, 7) is 6.12. The number of likely N-dealkylation sites (N-methyl/N-ethyl adjacent to an activating group) is 1. The first-order valence-electron chi connectivity index (χ1n) is 9.78. The van der Waals surface area contributed by atoms with Crippen molar-refractivity contribution in [3.63, 3.8) is 0 Å². The maximum atomic E-state index is 12.9. The average Bonchev–Trinajstić information content (AvgIpc) is 2.61. The molecule has 0 aliphatic carbocycles. The van der Waals surface area contributed by atoms with Gasteiger partial charge in [0.25, 0.3) is 0 Å². The Kier molecular flexibility index (Phi) is 9.62. The lowest BCUT2D eigenvalue weighted by Gasteiger charge is -2.30. The molecular formula is C19H35N3O4. The second-order valence-electron chi connectivity index (χ2n) is 7.77. The Hall–Kier alpha value is -1.63. The summed E-state index contributed by atoms with van der Waals surface area (Å²) in [5.74, 6) is -2.24. The number of carbonyl (C=O) groups excluding carboxylic acids is 3. The highest BCUT2D eigenvalue weighted by molar-refractivity contribution is 5.91. The molecule has 3 atom stereocenters. The van der Waals surface area contributed by atoms with Crippen molar-refractivity contribution in [2.45, 2.75) is 71.8 Å². The third kappa shape index (κ3) is 6.59. The van der Waals surface area contributed by atoms with Crippen LogP contribution in [0.4, 0.5) is 0 Å². The highest BCUT2D eigenvalue weighted by Gasteiger charge is 2.34. The van der Waals surface area contributed by atoms with Gasteiger partial charge in [0.1, 0.15) is 6.04 Å². The molecule has 7 nitrogen and oxygen atoms in total. The van der Waals surface area contributed by atoms with Gasteiger partial charge in [-0.15, -0.1) is 0 Å². The minimum atomic E-state index is -0.659. The van der Waals surface area contributed by atoms with Gasteiger partial charge >= 0.3 is 0 Å². The number of rotatable bonds is 3. The molecule has 0 radical (unpaired) electrons. The van der Waals surface area contributed by atoms with Gasteiger partial charge in [-0.2, -0.15) is 0 Å². The van der Waals surface area contributed by atoms with Gasteiger partial charge in [0.2, 0.25) is 17.7 Å². The third-order valence-electron chi connectivity index (χ3n) is 5.33. The van der Waals surface area contributed by atoms with E-state index in [2.05, 4.69) is 5.32 Å². The number of hydrogen-bond donors (Lipinski definition) is 3. The fourth-order valence-electron chi connectivity index (χ4n) is 3.43. The number of carbonyl (C=O) groups is 3. The van der Waals surface area contributed by atoms with E-state index in [1.54, 1.807) is 24.4 Å². The summed E-state index contributed by atoms with van der Waals surface area (Å²) in [6.07, 6.45) is 6.68. The molecule has 0 aromatic heterocycles. The van der Waals surface area contributed by atoms with Crippen LogP contribution >= 0.6 is 0 Å². The standard InChI is InChI=1S/C19H35N3O4/c1-13(2)16-19(25)22(4)12-10-8-6-5-7-9-11-15(18(24)20-16)14(3)17(23)21-26/h13-16,26H,5-12H2,1-4H3,(H,20,24)(H,21,23). The van der Waals surface area contributed by atoms with E-state index in [-0.39, 0.29) is 17.7 Å². The Bertz CT molecular complexity index is 481. The molecule has 1 saturated heterocycles. The molecular weight excluding hydrogens is 334 g/mol. The van der Waals surface area contributed by atoms with E-state index in [0.717, 1.165) is 38.5 Å². The molecule has 26 heavy (non-hydrogen) atoms.